The van der Waals surface area contributed by atoms with Crippen LogP contribution in [0.4, 0.5) is 0 Å². The maximum absolute atomic E-state index is 6.57. The van der Waals surface area contributed by atoms with Gasteiger partial charge in [0.2, 0.25) is 0 Å². The van der Waals surface area contributed by atoms with Gasteiger partial charge in [0.05, 0.1) is 0 Å². The first-order valence-electron chi connectivity index (χ1n) is 15.3. The van der Waals surface area contributed by atoms with Gasteiger partial charge in [0.1, 0.15) is 22.3 Å². The van der Waals surface area contributed by atoms with Gasteiger partial charge in [-0.2, -0.15) is 0 Å². The number of hydrogen-bond donors (Lipinski definition) is 0. The number of para-hydroxylation sites is 2. The van der Waals surface area contributed by atoms with E-state index in [9.17, 15) is 0 Å². The number of rotatable bonds is 3. The lowest BCUT2D eigenvalue weighted by molar-refractivity contribution is 0.669. The van der Waals surface area contributed by atoms with Gasteiger partial charge < -0.3 is 8.83 Å². The Labute approximate surface area is 262 Å². The number of furan rings is 2. The smallest absolute Gasteiger partial charge is 0.164 e. The Morgan fingerprint density at radius 3 is 1.57 bits per heavy atom. The minimum absolute atomic E-state index is 0.590. The molecule has 0 spiro atoms. The molecule has 5 nitrogen and oxygen atoms in total. The largest absolute Gasteiger partial charge is 0.456 e. The number of hydrogen-bond acceptors (Lipinski definition) is 5. The van der Waals surface area contributed by atoms with Crippen LogP contribution in [0.2, 0.25) is 0 Å². The molecule has 3 heterocycles. The van der Waals surface area contributed by atoms with Crippen molar-refractivity contribution in [2.24, 2.45) is 0 Å². The van der Waals surface area contributed by atoms with Crippen molar-refractivity contribution < 1.29 is 8.83 Å². The van der Waals surface area contributed by atoms with Crippen molar-refractivity contribution in [3.8, 4) is 34.2 Å². The number of nitrogens with zero attached hydrogens (tertiary/aromatic N) is 3. The van der Waals surface area contributed by atoms with Crippen molar-refractivity contribution in [3.63, 3.8) is 0 Å². The SMILES string of the molecule is c1ccc(-c2nc(-c3cccc4oc5ccccc5c34)nc(-c3cccc4c5oc6ccccc6c5c5ccccc5c34)n2)cc1. The van der Waals surface area contributed by atoms with E-state index in [0.717, 1.165) is 82.1 Å². The van der Waals surface area contributed by atoms with E-state index in [-0.39, 0.29) is 0 Å². The topological polar surface area (TPSA) is 65.0 Å². The van der Waals surface area contributed by atoms with Gasteiger partial charge in [-0.05, 0) is 29.0 Å². The fraction of sp³-hybridized carbons (Fsp3) is 0. The third-order valence-corrected chi connectivity index (χ3v) is 8.92. The number of aromatic nitrogens is 3. The molecule has 0 unspecified atom stereocenters. The lowest BCUT2D eigenvalue weighted by Gasteiger charge is -2.13. The Morgan fingerprint density at radius 2 is 0.826 bits per heavy atom. The molecule has 0 saturated carbocycles. The summed E-state index contributed by atoms with van der Waals surface area (Å²) in [5, 5.41) is 8.57. The Hall–Kier alpha value is -6.33. The summed E-state index contributed by atoms with van der Waals surface area (Å²) in [6, 6.07) is 47.3. The van der Waals surface area contributed by atoms with Crippen LogP contribution >= 0.6 is 0 Å². The van der Waals surface area contributed by atoms with Crippen molar-refractivity contribution in [1.29, 1.82) is 0 Å². The molecule has 0 amide bonds. The minimum atomic E-state index is 0.590. The standard InChI is InChI=1S/C41H23N3O2/c1-2-12-24(13-3-1)39-42-40(44-41(43-39)31-20-11-23-34-36(31)27-16-6-8-21-32(27)45-34)30-19-10-18-29-35(30)25-14-4-5-15-26(25)37-28-17-7-9-22-33(28)46-38(29)37/h1-23H. The summed E-state index contributed by atoms with van der Waals surface area (Å²) in [7, 11) is 0. The van der Waals surface area contributed by atoms with E-state index in [1.54, 1.807) is 0 Å². The predicted molar refractivity (Wildman–Crippen MR) is 186 cm³/mol. The second-order valence-corrected chi connectivity index (χ2v) is 11.5. The van der Waals surface area contributed by atoms with E-state index in [1.165, 1.54) is 0 Å². The average molecular weight is 590 g/mol. The van der Waals surface area contributed by atoms with E-state index in [0.29, 0.717) is 17.5 Å². The Kier molecular flexibility index (Phi) is 5.22. The van der Waals surface area contributed by atoms with Crippen LogP contribution in [0.3, 0.4) is 0 Å². The lowest BCUT2D eigenvalue weighted by Crippen LogP contribution is -2.01. The number of benzene rings is 7. The van der Waals surface area contributed by atoms with Crippen LogP contribution in [0.1, 0.15) is 0 Å². The Morgan fingerprint density at radius 1 is 0.326 bits per heavy atom. The van der Waals surface area contributed by atoms with Crippen molar-refractivity contribution in [3.05, 3.63) is 140 Å². The summed E-state index contributed by atoms with van der Waals surface area (Å²) in [5.41, 5.74) is 6.09. The van der Waals surface area contributed by atoms with Gasteiger partial charge in [-0.3, -0.25) is 0 Å². The normalized spacial score (nSPS) is 11.9. The van der Waals surface area contributed by atoms with E-state index < -0.39 is 0 Å². The highest BCUT2D eigenvalue weighted by Gasteiger charge is 2.21. The van der Waals surface area contributed by atoms with Gasteiger partial charge >= 0.3 is 0 Å². The van der Waals surface area contributed by atoms with E-state index >= 15 is 0 Å². The molecule has 0 saturated heterocycles. The average Bonchev–Trinajstić information content (AvgIpc) is 3.71. The monoisotopic (exact) mass is 589 g/mol. The second-order valence-electron chi connectivity index (χ2n) is 11.5. The predicted octanol–water partition coefficient (Wildman–Crippen LogP) is 11.0. The zero-order valence-corrected chi connectivity index (χ0v) is 24.4. The van der Waals surface area contributed by atoms with Gasteiger partial charge in [-0.1, -0.05) is 121 Å². The zero-order chi connectivity index (χ0) is 30.2. The molecule has 7 aromatic carbocycles. The molecule has 10 rings (SSSR count). The van der Waals surface area contributed by atoms with Crippen molar-refractivity contribution in [2.75, 3.05) is 0 Å². The first kappa shape index (κ1) is 25.0. The molecule has 0 radical (unpaired) electrons. The molecule has 10 aromatic rings. The summed E-state index contributed by atoms with van der Waals surface area (Å²) < 4.78 is 12.8. The zero-order valence-electron chi connectivity index (χ0n) is 24.4. The minimum Gasteiger partial charge on any atom is -0.456 e. The first-order chi connectivity index (χ1) is 22.8. The maximum atomic E-state index is 6.57. The molecule has 214 valence electrons. The highest BCUT2D eigenvalue weighted by molar-refractivity contribution is 6.32. The van der Waals surface area contributed by atoms with Gasteiger partial charge in [-0.25, -0.2) is 15.0 Å². The van der Waals surface area contributed by atoms with Crippen molar-refractivity contribution in [1.82, 2.24) is 15.0 Å². The van der Waals surface area contributed by atoms with Crippen LogP contribution in [0, 0.1) is 0 Å². The molecule has 46 heavy (non-hydrogen) atoms. The first-order valence-corrected chi connectivity index (χ1v) is 15.3. The maximum Gasteiger partial charge on any atom is 0.164 e. The molecule has 0 aliphatic carbocycles. The van der Waals surface area contributed by atoms with E-state index in [1.807, 2.05) is 72.8 Å². The molecule has 0 fully saturated rings. The molecule has 0 bridgehead atoms. The summed E-state index contributed by atoms with van der Waals surface area (Å²) >= 11 is 0. The van der Waals surface area contributed by atoms with Gasteiger partial charge in [-0.15, -0.1) is 0 Å². The van der Waals surface area contributed by atoms with Crippen molar-refractivity contribution >= 4 is 65.4 Å². The van der Waals surface area contributed by atoms with Gasteiger partial charge in [0.25, 0.3) is 0 Å². The summed E-state index contributed by atoms with van der Waals surface area (Å²) in [6.45, 7) is 0. The molecular weight excluding hydrogens is 566 g/mol. The molecule has 3 aromatic heterocycles. The van der Waals surface area contributed by atoms with Crippen LogP contribution < -0.4 is 0 Å². The van der Waals surface area contributed by atoms with Gasteiger partial charge in [0, 0.05) is 49.0 Å². The highest BCUT2D eigenvalue weighted by atomic mass is 16.3. The van der Waals surface area contributed by atoms with Crippen LogP contribution in [0.25, 0.3) is 99.6 Å². The van der Waals surface area contributed by atoms with Gasteiger partial charge in [0.15, 0.2) is 17.5 Å². The summed E-state index contributed by atoms with van der Waals surface area (Å²) in [6.07, 6.45) is 0. The molecule has 5 heteroatoms. The highest BCUT2D eigenvalue weighted by Crippen LogP contribution is 2.44. The van der Waals surface area contributed by atoms with Crippen molar-refractivity contribution in [2.45, 2.75) is 0 Å². The summed E-state index contributed by atoms with van der Waals surface area (Å²) in [4.78, 5) is 15.4. The van der Waals surface area contributed by atoms with E-state index in [2.05, 4.69) is 66.7 Å². The van der Waals surface area contributed by atoms with Crippen LogP contribution in [-0.2, 0) is 0 Å². The fourth-order valence-corrected chi connectivity index (χ4v) is 6.93. The fourth-order valence-electron chi connectivity index (χ4n) is 6.93. The molecule has 0 aliphatic heterocycles. The van der Waals surface area contributed by atoms with Crippen LogP contribution in [0.5, 0.6) is 0 Å². The van der Waals surface area contributed by atoms with Crippen LogP contribution in [0.15, 0.2) is 148 Å². The Balaban J connectivity index is 1.33. The molecule has 0 aliphatic rings. The Bertz CT molecular complexity index is 2810. The lowest BCUT2D eigenvalue weighted by atomic mass is 9.93. The molecular formula is C41H23N3O2. The third-order valence-electron chi connectivity index (χ3n) is 8.92. The number of fused-ring (bicyclic) bond motifs is 11. The summed E-state index contributed by atoms with van der Waals surface area (Å²) in [5.74, 6) is 1.79. The van der Waals surface area contributed by atoms with E-state index in [4.69, 9.17) is 23.8 Å². The quantitative estimate of drug-likeness (QED) is 0.192. The molecule has 0 N–H and O–H groups in total. The third kappa shape index (κ3) is 3.60. The van der Waals surface area contributed by atoms with Crippen LogP contribution in [-0.4, -0.2) is 15.0 Å². The molecule has 0 atom stereocenters. The second kappa shape index (κ2) is 9.58.